The quantitative estimate of drug-likeness (QED) is 0.784. The molecule has 0 radical (unpaired) electrons. The fourth-order valence-corrected chi connectivity index (χ4v) is 4.04. The lowest BCUT2D eigenvalue weighted by molar-refractivity contribution is -0.158. The molecule has 2 fully saturated rings. The highest BCUT2D eigenvalue weighted by atomic mass is 16.5. The average Bonchev–Trinajstić information content (AvgIpc) is 3.09. The van der Waals surface area contributed by atoms with Crippen LogP contribution in [0.3, 0.4) is 0 Å². The normalized spacial score (nSPS) is 21.7. The van der Waals surface area contributed by atoms with E-state index in [1.165, 1.54) is 6.42 Å². The van der Waals surface area contributed by atoms with Crippen molar-refractivity contribution in [2.45, 2.75) is 44.2 Å². The van der Waals surface area contributed by atoms with Crippen LogP contribution in [0.15, 0.2) is 28.8 Å². The average molecular weight is 357 g/mol. The first-order valence-corrected chi connectivity index (χ1v) is 9.70. The molecular weight excluding hydrogens is 330 g/mol. The van der Waals surface area contributed by atoms with Gasteiger partial charge in [0.2, 0.25) is 0 Å². The van der Waals surface area contributed by atoms with E-state index in [4.69, 9.17) is 9.26 Å². The second-order valence-electron chi connectivity index (χ2n) is 7.50. The molecule has 0 amide bonds. The Hall–Kier alpha value is -1.92. The summed E-state index contributed by atoms with van der Waals surface area (Å²) < 4.78 is 11.4. The molecule has 1 unspecified atom stereocenters. The van der Waals surface area contributed by atoms with Crippen molar-refractivity contribution in [3.05, 3.63) is 30.0 Å². The summed E-state index contributed by atoms with van der Waals surface area (Å²) in [5.41, 5.74) is 1.41. The van der Waals surface area contributed by atoms with Crippen LogP contribution in [-0.2, 0) is 9.53 Å². The molecule has 0 spiro atoms. The van der Waals surface area contributed by atoms with E-state index < -0.39 is 6.04 Å². The molecule has 0 bridgehead atoms. The van der Waals surface area contributed by atoms with Crippen LogP contribution < -0.4 is 0 Å². The molecule has 4 rings (SSSR count). The van der Waals surface area contributed by atoms with Crippen LogP contribution in [0.2, 0.25) is 0 Å². The van der Waals surface area contributed by atoms with Gasteiger partial charge in [-0.3, -0.25) is 4.90 Å². The van der Waals surface area contributed by atoms with Gasteiger partial charge in [-0.1, -0.05) is 23.7 Å². The van der Waals surface area contributed by atoms with E-state index in [0.717, 1.165) is 62.8 Å². The largest absolute Gasteiger partial charge is 0.461 e. The van der Waals surface area contributed by atoms with Gasteiger partial charge in [-0.2, -0.15) is 0 Å². The monoisotopic (exact) mass is 357 g/mol. The van der Waals surface area contributed by atoms with E-state index in [9.17, 15) is 4.79 Å². The standard InChI is InChI=1S/C20H27N3O3/c1-22-13-9-15(10-14-22)25-20(24)19(23-11-5-2-6-12-23)18-16-7-3-4-8-17(16)26-21-18/h3-4,7-8,15,19H,2,5-6,9-14H2,1H3. The third-order valence-corrected chi connectivity index (χ3v) is 5.59. The number of likely N-dealkylation sites (tertiary alicyclic amines) is 2. The molecule has 2 saturated heterocycles. The Morgan fingerprint density at radius 1 is 1.15 bits per heavy atom. The number of ether oxygens (including phenoxy) is 1. The predicted octanol–water partition coefficient (Wildman–Crippen LogP) is 2.99. The van der Waals surface area contributed by atoms with Gasteiger partial charge in [0.1, 0.15) is 11.8 Å². The minimum atomic E-state index is -0.474. The zero-order valence-electron chi connectivity index (χ0n) is 15.4. The van der Waals surface area contributed by atoms with Crippen molar-refractivity contribution >= 4 is 16.9 Å². The minimum Gasteiger partial charge on any atom is -0.461 e. The van der Waals surface area contributed by atoms with Crippen LogP contribution in [0.4, 0.5) is 0 Å². The fraction of sp³-hybridized carbons (Fsp3) is 0.600. The lowest BCUT2D eigenvalue weighted by atomic mass is 10.0. The third-order valence-electron chi connectivity index (χ3n) is 5.59. The summed E-state index contributed by atoms with van der Waals surface area (Å²) in [7, 11) is 2.11. The lowest BCUT2D eigenvalue weighted by Gasteiger charge is -2.34. The topological polar surface area (TPSA) is 58.8 Å². The zero-order valence-corrected chi connectivity index (χ0v) is 15.4. The van der Waals surface area contributed by atoms with Crippen molar-refractivity contribution in [3.63, 3.8) is 0 Å². The summed E-state index contributed by atoms with van der Waals surface area (Å²) in [5.74, 6) is -0.180. The Labute approximate surface area is 154 Å². The molecule has 140 valence electrons. The Morgan fingerprint density at radius 2 is 1.88 bits per heavy atom. The number of carbonyl (C=O) groups is 1. The molecule has 26 heavy (non-hydrogen) atoms. The van der Waals surface area contributed by atoms with Crippen molar-refractivity contribution in [3.8, 4) is 0 Å². The zero-order chi connectivity index (χ0) is 17.9. The molecular formula is C20H27N3O3. The first-order valence-electron chi connectivity index (χ1n) is 9.70. The molecule has 0 N–H and O–H groups in total. The number of carbonyl (C=O) groups excluding carboxylic acids is 1. The summed E-state index contributed by atoms with van der Waals surface area (Å²) in [5, 5.41) is 5.18. The molecule has 0 aliphatic carbocycles. The van der Waals surface area contributed by atoms with E-state index in [-0.39, 0.29) is 12.1 Å². The van der Waals surface area contributed by atoms with Crippen LogP contribution >= 0.6 is 0 Å². The Morgan fingerprint density at radius 3 is 2.65 bits per heavy atom. The highest BCUT2D eigenvalue weighted by molar-refractivity contribution is 5.87. The Balaban J connectivity index is 1.59. The van der Waals surface area contributed by atoms with Gasteiger partial charge in [0.15, 0.2) is 11.6 Å². The fourth-order valence-electron chi connectivity index (χ4n) is 4.04. The van der Waals surface area contributed by atoms with Gasteiger partial charge < -0.3 is 14.2 Å². The molecule has 6 heteroatoms. The summed E-state index contributed by atoms with van der Waals surface area (Å²) in [4.78, 5) is 17.7. The third kappa shape index (κ3) is 3.62. The first kappa shape index (κ1) is 17.5. The van der Waals surface area contributed by atoms with Gasteiger partial charge in [-0.05, 0) is 58.0 Å². The molecule has 1 aromatic carbocycles. The Bertz CT molecular complexity index is 746. The van der Waals surface area contributed by atoms with Gasteiger partial charge in [0, 0.05) is 18.5 Å². The number of nitrogens with zero attached hydrogens (tertiary/aromatic N) is 3. The molecule has 0 saturated carbocycles. The molecule has 1 aromatic heterocycles. The van der Waals surface area contributed by atoms with Crippen LogP contribution in [0.1, 0.15) is 43.8 Å². The molecule has 2 aliphatic heterocycles. The van der Waals surface area contributed by atoms with Crippen molar-refractivity contribution in [2.24, 2.45) is 0 Å². The van der Waals surface area contributed by atoms with Crippen LogP contribution in [0, 0.1) is 0 Å². The number of rotatable bonds is 4. The number of hydrogen-bond donors (Lipinski definition) is 0. The van der Waals surface area contributed by atoms with Gasteiger partial charge in [-0.25, -0.2) is 4.79 Å². The number of hydrogen-bond acceptors (Lipinski definition) is 6. The minimum absolute atomic E-state index is 0.00385. The van der Waals surface area contributed by atoms with Crippen molar-refractivity contribution in [1.82, 2.24) is 15.0 Å². The van der Waals surface area contributed by atoms with Crippen LogP contribution in [0.25, 0.3) is 11.0 Å². The van der Waals surface area contributed by atoms with Gasteiger partial charge in [-0.15, -0.1) is 0 Å². The van der Waals surface area contributed by atoms with Crippen molar-refractivity contribution in [2.75, 3.05) is 33.2 Å². The maximum Gasteiger partial charge on any atom is 0.330 e. The number of aromatic nitrogens is 1. The summed E-state index contributed by atoms with van der Waals surface area (Å²) in [6, 6.07) is 7.27. The SMILES string of the molecule is CN1CCC(OC(=O)C(c2noc3ccccc23)N2CCCCC2)CC1. The van der Waals surface area contributed by atoms with Gasteiger partial charge >= 0.3 is 5.97 Å². The first-order chi connectivity index (χ1) is 12.7. The maximum atomic E-state index is 13.2. The van der Waals surface area contributed by atoms with Gasteiger partial charge in [0.25, 0.3) is 0 Å². The highest BCUT2D eigenvalue weighted by Crippen LogP contribution is 2.31. The summed E-state index contributed by atoms with van der Waals surface area (Å²) in [6.45, 7) is 3.74. The Kier molecular flexibility index (Phi) is 5.22. The number of benzene rings is 1. The number of fused-ring (bicyclic) bond motifs is 1. The number of para-hydroxylation sites is 1. The smallest absolute Gasteiger partial charge is 0.330 e. The molecule has 6 nitrogen and oxygen atoms in total. The summed E-state index contributed by atoms with van der Waals surface area (Å²) in [6.07, 6.45) is 5.22. The predicted molar refractivity (Wildman–Crippen MR) is 98.8 cm³/mol. The molecule has 3 heterocycles. The van der Waals surface area contributed by atoms with Crippen LogP contribution in [0.5, 0.6) is 0 Å². The van der Waals surface area contributed by atoms with E-state index in [1.807, 2.05) is 24.3 Å². The second-order valence-corrected chi connectivity index (χ2v) is 7.50. The number of esters is 1. The van der Waals surface area contributed by atoms with E-state index in [0.29, 0.717) is 5.69 Å². The number of piperidine rings is 2. The van der Waals surface area contributed by atoms with E-state index >= 15 is 0 Å². The van der Waals surface area contributed by atoms with Crippen molar-refractivity contribution < 1.29 is 14.1 Å². The van der Waals surface area contributed by atoms with Gasteiger partial charge in [0.05, 0.1) is 0 Å². The summed E-state index contributed by atoms with van der Waals surface area (Å²) >= 11 is 0. The van der Waals surface area contributed by atoms with E-state index in [2.05, 4.69) is 22.0 Å². The lowest BCUT2D eigenvalue weighted by Crippen LogP contribution is -2.42. The van der Waals surface area contributed by atoms with Crippen molar-refractivity contribution in [1.29, 1.82) is 0 Å². The maximum absolute atomic E-state index is 13.2. The second kappa shape index (κ2) is 7.76. The van der Waals surface area contributed by atoms with E-state index in [1.54, 1.807) is 0 Å². The molecule has 2 aromatic rings. The molecule has 2 aliphatic rings. The highest BCUT2D eigenvalue weighted by Gasteiger charge is 2.35. The van der Waals surface area contributed by atoms with Crippen LogP contribution in [-0.4, -0.2) is 60.3 Å². The molecule has 1 atom stereocenters.